The third-order valence-electron chi connectivity index (χ3n) is 3.94. The average molecular weight is 393 g/mol. The van der Waals surface area contributed by atoms with Crippen LogP contribution in [0.1, 0.15) is 41.6 Å². The van der Waals surface area contributed by atoms with Gasteiger partial charge < -0.3 is 5.32 Å². The summed E-state index contributed by atoms with van der Waals surface area (Å²) in [4.78, 5) is 0. The van der Waals surface area contributed by atoms with Crippen molar-refractivity contribution in [2.24, 2.45) is 0 Å². The molecule has 0 radical (unpaired) electrons. The van der Waals surface area contributed by atoms with Crippen LogP contribution in [0.4, 0.5) is 0 Å². The van der Waals surface area contributed by atoms with Gasteiger partial charge in [0.2, 0.25) is 0 Å². The van der Waals surface area contributed by atoms with Crippen molar-refractivity contribution in [1.29, 1.82) is 0 Å². The third kappa shape index (κ3) is 4.55. The lowest BCUT2D eigenvalue weighted by Gasteiger charge is -2.21. The van der Waals surface area contributed by atoms with Crippen LogP contribution in [0.25, 0.3) is 0 Å². The van der Waals surface area contributed by atoms with Crippen molar-refractivity contribution < 1.29 is 0 Å². The van der Waals surface area contributed by atoms with Crippen molar-refractivity contribution in [2.75, 3.05) is 6.54 Å². The molecule has 0 aromatic heterocycles. The second-order valence-corrected chi connectivity index (χ2v) is 6.88. The van der Waals surface area contributed by atoms with Crippen molar-refractivity contribution in [3.8, 4) is 0 Å². The van der Waals surface area contributed by atoms with Crippen LogP contribution in [0, 0.1) is 17.4 Å². The molecule has 1 atom stereocenters. The first-order valence-corrected chi connectivity index (χ1v) is 8.73. The Morgan fingerprint density at radius 1 is 1.05 bits per heavy atom. The zero-order valence-electron chi connectivity index (χ0n) is 13.1. The summed E-state index contributed by atoms with van der Waals surface area (Å²) in [5, 5.41) is 3.71. The summed E-state index contributed by atoms with van der Waals surface area (Å²) in [5.74, 6) is 0. The van der Waals surface area contributed by atoms with E-state index >= 15 is 0 Å². The minimum absolute atomic E-state index is 0.388. The van der Waals surface area contributed by atoms with E-state index in [1.54, 1.807) is 0 Å². The van der Waals surface area contributed by atoms with Gasteiger partial charge in [0.1, 0.15) is 0 Å². The molecule has 2 aromatic carbocycles. The SMILES string of the molecule is CCCNC(Cc1c(C)cccc1C)c1cccc(I)c1. The van der Waals surface area contributed by atoms with Gasteiger partial charge in [-0.25, -0.2) is 0 Å². The molecule has 0 aliphatic rings. The maximum Gasteiger partial charge on any atom is 0.0361 e. The summed E-state index contributed by atoms with van der Waals surface area (Å²) < 4.78 is 1.30. The van der Waals surface area contributed by atoms with Crippen molar-refractivity contribution >= 4 is 22.6 Å². The predicted octanol–water partition coefficient (Wildman–Crippen LogP) is 5.19. The Hall–Kier alpha value is -0.870. The molecule has 0 saturated carbocycles. The van der Waals surface area contributed by atoms with E-state index in [1.807, 2.05) is 0 Å². The van der Waals surface area contributed by atoms with E-state index in [9.17, 15) is 0 Å². The van der Waals surface area contributed by atoms with E-state index in [1.165, 1.54) is 25.8 Å². The fourth-order valence-electron chi connectivity index (χ4n) is 2.72. The lowest BCUT2D eigenvalue weighted by Crippen LogP contribution is -2.24. The normalized spacial score (nSPS) is 12.4. The van der Waals surface area contributed by atoms with Crippen LogP contribution < -0.4 is 5.32 Å². The zero-order valence-corrected chi connectivity index (χ0v) is 15.3. The molecule has 0 heterocycles. The van der Waals surface area contributed by atoms with Gasteiger partial charge in [-0.1, -0.05) is 37.3 Å². The number of halogens is 1. The average Bonchev–Trinajstić information content (AvgIpc) is 2.46. The minimum Gasteiger partial charge on any atom is -0.310 e. The van der Waals surface area contributed by atoms with Crippen LogP contribution >= 0.6 is 22.6 Å². The fraction of sp³-hybridized carbons (Fsp3) is 0.368. The van der Waals surface area contributed by atoms with Crippen molar-refractivity contribution in [3.63, 3.8) is 0 Å². The molecule has 0 saturated heterocycles. The maximum absolute atomic E-state index is 3.71. The monoisotopic (exact) mass is 393 g/mol. The molecule has 2 heteroatoms. The Kier molecular flexibility index (Phi) is 6.24. The van der Waals surface area contributed by atoms with Gasteiger partial charge in [-0.05, 0) is 90.2 Å². The highest BCUT2D eigenvalue weighted by Gasteiger charge is 2.14. The second-order valence-electron chi connectivity index (χ2n) is 5.64. The fourth-order valence-corrected chi connectivity index (χ4v) is 3.29. The zero-order chi connectivity index (χ0) is 15.2. The highest BCUT2D eigenvalue weighted by molar-refractivity contribution is 14.1. The number of rotatable bonds is 6. The highest BCUT2D eigenvalue weighted by atomic mass is 127. The lowest BCUT2D eigenvalue weighted by atomic mass is 9.93. The summed E-state index contributed by atoms with van der Waals surface area (Å²) in [6.45, 7) is 7.71. The first-order chi connectivity index (χ1) is 10.1. The number of aryl methyl sites for hydroxylation is 2. The van der Waals surface area contributed by atoms with Gasteiger partial charge in [-0.15, -0.1) is 0 Å². The van der Waals surface area contributed by atoms with Gasteiger partial charge >= 0.3 is 0 Å². The van der Waals surface area contributed by atoms with E-state index in [-0.39, 0.29) is 0 Å². The van der Waals surface area contributed by atoms with Gasteiger partial charge in [0, 0.05) is 9.61 Å². The van der Waals surface area contributed by atoms with Crippen LogP contribution in [-0.4, -0.2) is 6.54 Å². The molecule has 0 bridgehead atoms. The van der Waals surface area contributed by atoms with Crippen LogP contribution in [0.15, 0.2) is 42.5 Å². The molecular weight excluding hydrogens is 369 g/mol. The number of benzene rings is 2. The number of hydrogen-bond donors (Lipinski definition) is 1. The summed E-state index contributed by atoms with van der Waals surface area (Å²) in [6, 6.07) is 15.8. The summed E-state index contributed by atoms with van der Waals surface area (Å²) in [7, 11) is 0. The molecule has 1 unspecified atom stereocenters. The largest absolute Gasteiger partial charge is 0.310 e. The van der Waals surface area contributed by atoms with E-state index in [2.05, 4.69) is 91.1 Å². The predicted molar refractivity (Wildman–Crippen MR) is 99.8 cm³/mol. The second kappa shape index (κ2) is 7.95. The molecule has 2 aromatic rings. The molecule has 2 rings (SSSR count). The van der Waals surface area contributed by atoms with Gasteiger partial charge in [-0.3, -0.25) is 0 Å². The van der Waals surface area contributed by atoms with Crippen molar-refractivity contribution in [3.05, 3.63) is 68.3 Å². The molecule has 0 fully saturated rings. The van der Waals surface area contributed by atoms with Gasteiger partial charge in [0.05, 0.1) is 0 Å². The third-order valence-corrected chi connectivity index (χ3v) is 4.62. The summed E-state index contributed by atoms with van der Waals surface area (Å²) >= 11 is 2.39. The molecule has 0 aliphatic heterocycles. The van der Waals surface area contributed by atoms with Crippen molar-refractivity contribution in [2.45, 2.75) is 39.7 Å². The number of nitrogens with one attached hydrogen (secondary N) is 1. The minimum atomic E-state index is 0.388. The Balaban J connectivity index is 2.28. The molecule has 21 heavy (non-hydrogen) atoms. The molecule has 0 aliphatic carbocycles. The van der Waals surface area contributed by atoms with E-state index in [0.29, 0.717) is 6.04 Å². The maximum atomic E-state index is 3.71. The molecule has 1 nitrogen and oxygen atoms in total. The Labute approximate surface area is 142 Å². The first-order valence-electron chi connectivity index (χ1n) is 7.65. The van der Waals surface area contributed by atoms with E-state index in [4.69, 9.17) is 0 Å². The van der Waals surface area contributed by atoms with Crippen LogP contribution in [0.3, 0.4) is 0 Å². The van der Waals surface area contributed by atoms with Crippen molar-refractivity contribution in [1.82, 2.24) is 5.32 Å². The molecule has 112 valence electrons. The van der Waals surface area contributed by atoms with E-state index in [0.717, 1.165) is 19.4 Å². The molecular formula is C19H24IN. The summed E-state index contributed by atoms with van der Waals surface area (Å²) in [6.07, 6.45) is 2.21. The Bertz CT molecular complexity index is 572. The Morgan fingerprint density at radius 3 is 2.33 bits per heavy atom. The molecule has 0 spiro atoms. The quantitative estimate of drug-likeness (QED) is 0.666. The lowest BCUT2D eigenvalue weighted by molar-refractivity contribution is 0.527. The van der Waals surface area contributed by atoms with Crippen LogP contribution in [-0.2, 0) is 6.42 Å². The topological polar surface area (TPSA) is 12.0 Å². The Morgan fingerprint density at radius 2 is 1.71 bits per heavy atom. The summed E-state index contributed by atoms with van der Waals surface area (Å²) in [5.41, 5.74) is 5.65. The first kappa shape index (κ1) is 16.5. The van der Waals surface area contributed by atoms with Gasteiger partial charge in [0.25, 0.3) is 0 Å². The van der Waals surface area contributed by atoms with Crippen LogP contribution in [0.2, 0.25) is 0 Å². The standard InChI is InChI=1S/C19H24IN/c1-4-11-21-19(16-9-6-10-17(20)12-16)13-18-14(2)7-5-8-15(18)3/h5-10,12,19,21H,4,11,13H2,1-3H3. The smallest absolute Gasteiger partial charge is 0.0361 e. The van der Waals surface area contributed by atoms with Gasteiger partial charge in [0.15, 0.2) is 0 Å². The molecule has 0 amide bonds. The van der Waals surface area contributed by atoms with Crippen LogP contribution in [0.5, 0.6) is 0 Å². The molecule has 1 N–H and O–H groups in total. The number of hydrogen-bond acceptors (Lipinski definition) is 1. The van der Waals surface area contributed by atoms with Gasteiger partial charge in [-0.2, -0.15) is 0 Å². The van der Waals surface area contributed by atoms with E-state index < -0.39 is 0 Å². The highest BCUT2D eigenvalue weighted by Crippen LogP contribution is 2.24.